The highest BCUT2D eigenvalue weighted by Gasteiger charge is 2.46. The average molecular weight is 518 g/mol. The zero-order chi connectivity index (χ0) is 27.6. The zero-order valence-corrected chi connectivity index (χ0v) is 22.0. The number of nitrogens with zero attached hydrogens (tertiary/aromatic N) is 1. The lowest BCUT2D eigenvalue weighted by Gasteiger charge is -2.28. The van der Waals surface area contributed by atoms with Gasteiger partial charge in [0.15, 0.2) is 11.5 Å². The second kappa shape index (κ2) is 10.5. The number of ether oxygens (including phenoxy) is 3. The summed E-state index contributed by atoms with van der Waals surface area (Å²) >= 11 is 0. The van der Waals surface area contributed by atoms with E-state index < -0.39 is 23.3 Å². The standard InChI is InChI=1S/C30H31NO7/c1-30(2,3)38-22-9-7-6-8-20(22)17-31-26(18-10-13-21(32)14-11-18)25(28(34)29(31)35)27(33)19-12-15-23(36-4)24(16-19)37-5/h6-16,26,32-33H,17H2,1-5H3/b27-25-. The molecule has 1 amide bonds. The maximum Gasteiger partial charge on any atom is 0.295 e. The molecule has 1 unspecified atom stereocenters. The van der Waals surface area contributed by atoms with Crippen molar-refractivity contribution in [1.82, 2.24) is 4.90 Å². The summed E-state index contributed by atoms with van der Waals surface area (Å²) < 4.78 is 16.7. The molecule has 4 rings (SSSR count). The summed E-state index contributed by atoms with van der Waals surface area (Å²) in [5, 5.41) is 21.2. The Morgan fingerprint density at radius 1 is 0.895 bits per heavy atom. The third-order valence-electron chi connectivity index (χ3n) is 6.14. The van der Waals surface area contributed by atoms with E-state index in [1.54, 1.807) is 30.3 Å². The van der Waals surface area contributed by atoms with Crippen molar-refractivity contribution in [2.45, 2.75) is 39.0 Å². The van der Waals surface area contributed by atoms with E-state index in [1.165, 1.54) is 31.3 Å². The quantitative estimate of drug-likeness (QED) is 0.252. The van der Waals surface area contributed by atoms with Crippen molar-refractivity contribution in [2.75, 3.05) is 14.2 Å². The molecule has 0 spiro atoms. The van der Waals surface area contributed by atoms with Gasteiger partial charge in [-0.2, -0.15) is 0 Å². The van der Waals surface area contributed by atoms with Crippen LogP contribution in [0.4, 0.5) is 0 Å². The van der Waals surface area contributed by atoms with Crippen LogP contribution in [0.2, 0.25) is 0 Å². The van der Waals surface area contributed by atoms with Crippen LogP contribution >= 0.6 is 0 Å². The van der Waals surface area contributed by atoms with E-state index >= 15 is 0 Å². The van der Waals surface area contributed by atoms with Crippen molar-refractivity contribution in [3.05, 3.63) is 89.0 Å². The van der Waals surface area contributed by atoms with Crippen molar-refractivity contribution in [3.63, 3.8) is 0 Å². The fourth-order valence-electron chi connectivity index (χ4n) is 4.43. The number of rotatable bonds is 7. The lowest BCUT2D eigenvalue weighted by atomic mass is 9.95. The number of methoxy groups -OCH3 is 2. The molecule has 0 aromatic heterocycles. The fourth-order valence-corrected chi connectivity index (χ4v) is 4.43. The van der Waals surface area contributed by atoms with Gasteiger partial charge in [-0.25, -0.2) is 0 Å². The Morgan fingerprint density at radius 2 is 1.55 bits per heavy atom. The number of aromatic hydroxyl groups is 1. The lowest BCUT2D eigenvalue weighted by Crippen LogP contribution is -2.30. The predicted molar refractivity (Wildman–Crippen MR) is 142 cm³/mol. The molecule has 1 saturated heterocycles. The van der Waals surface area contributed by atoms with E-state index in [1.807, 2.05) is 45.0 Å². The smallest absolute Gasteiger partial charge is 0.295 e. The summed E-state index contributed by atoms with van der Waals surface area (Å²) in [4.78, 5) is 28.2. The Bertz CT molecular complexity index is 1390. The molecular formula is C30H31NO7. The Morgan fingerprint density at radius 3 is 2.18 bits per heavy atom. The van der Waals surface area contributed by atoms with Gasteiger partial charge in [0.05, 0.1) is 32.4 Å². The first-order valence-corrected chi connectivity index (χ1v) is 12.1. The molecule has 8 heteroatoms. The lowest BCUT2D eigenvalue weighted by molar-refractivity contribution is -0.140. The number of phenols is 1. The summed E-state index contributed by atoms with van der Waals surface area (Å²) in [6.45, 7) is 5.84. The summed E-state index contributed by atoms with van der Waals surface area (Å²) in [6.07, 6.45) is 0. The first kappa shape index (κ1) is 26.6. The van der Waals surface area contributed by atoms with Gasteiger partial charge in [0.1, 0.15) is 22.9 Å². The summed E-state index contributed by atoms with van der Waals surface area (Å²) in [5.41, 5.74) is 1.01. The van der Waals surface area contributed by atoms with Gasteiger partial charge in [-0.3, -0.25) is 9.59 Å². The Hall–Kier alpha value is -4.46. The molecule has 1 fully saturated rings. The van der Waals surface area contributed by atoms with Gasteiger partial charge in [0.25, 0.3) is 11.7 Å². The van der Waals surface area contributed by atoms with Gasteiger partial charge < -0.3 is 29.3 Å². The number of hydrogen-bond acceptors (Lipinski definition) is 7. The number of likely N-dealkylation sites (tertiary alicyclic amines) is 1. The monoisotopic (exact) mass is 517 g/mol. The molecule has 198 valence electrons. The minimum atomic E-state index is -0.911. The van der Waals surface area contributed by atoms with Crippen molar-refractivity contribution in [2.24, 2.45) is 0 Å². The van der Waals surface area contributed by atoms with E-state index in [0.29, 0.717) is 33.9 Å². The highest BCUT2D eigenvalue weighted by atomic mass is 16.5. The van der Waals surface area contributed by atoms with E-state index in [2.05, 4.69) is 0 Å². The van der Waals surface area contributed by atoms with Crippen LogP contribution in [0.15, 0.2) is 72.3 Å². The molecule has 3 aromatic carbocycles. The average Bonchev–Trinajstić information content (AvgIpc) is 3.13. The number of aliphatic hydroxyl groups is 1. The topological polar surface area (TPSA) is 106 Å². The van der Waals surface area contributed by atoms with Crippen molar-refractivity contribution < 1.29 is 34.0 Å². The predicted octanol–water partition coefficient (Wildman–Crippen LogP) is 5.21. The first-order chi connectivity index (χ1) is 18.0. The Balaban J connectivity index is 1.85. The number of para-hydroxylation sites is 1. The maximum atomic E-state index is 13.4. The van der Waals surface area contributed by atoms with Gasteiger partial charge >= 0.3 is 0 Å². The second-order valence-electron chi connectivity index (χ2n) is 9.91. The minimum Gasteiger partial charge on any atom is -0.508 e. The zero-order valence-electron chi connectivity index (χ0n) is 22.0. The highest BCUT2D eigenvalue weighted by Crippen LogP contribution is 2.42. The molecule has 1 aliphatic rings. The fraction of sp³-hybridized carbons (Fsp3) is 0.267. The molecule has 0 aliphatic carbocycles. The molecule has 3 aromatic rings. The van der Waals surface area contributed by atoms with Gasteiger partial charge in [0.2, 0.25) is 0 Å². The van der Waals surface area contributed by atoms with Crippen LogP contribution in [-0.2, 0) is 16.1 Å². The Kier molecular flexibility index (Phi) is 7.35. The first-order valence-electron chi connectivity index (χ1n) is 12.1. The van der Waals surface area contributed by atoms with Crippen LogP contribution in [-0.4, -0.2) is 46.6 Å². The summed E-state index contributed by atoms with van der Waals surface area (Å²) in [6, 6.07) is 17.4. The molecule has 1 aliphatic heterocycles. The third kappa shape index (κ3) is 5.29. The number of phenolic OH excluding ortho intramolecular Hbond substituents is 1. The minimum absolute atomic E-state index is 0.0366. The number of benzene rings is 3. The number of carbonyl (C=O) groups excluding carboxylic acids is 2. The molecule has 1 atom stereocenters. The maximum absolute atomic E-state index is 13.4. The molecule has 0 radical (unpaired) electrons. The molecular weight excluding hydrogens is 486 g/mol. The number of Topliss-reactive ketones (excluding diaryl/α,β-unsaturated/α-hetero) is 1. The number of amides is 1. The van der Waals surface area contributed by atoms with Crippen LogP contribution < -0.4 is 14.2 Å². The van der Waals surface area contributed by atoms with E-state index in [-0.39, 0.29) is 23.6 Å². The van der Waals surface area contributed by atoms with Gasteiger partial charge in [0, 0.05) is 11.1 Å². The van der Waals surface area contributed by atoms with Crippen LogP contribution in [0.5, 0.6) is 23.0 Å². The van der Waals surface area contributed by atoms with E-state index in [9.17, 15) is 19.8 Å². The van der Waals surface area contributed by atoms with Crippen LogP contribution in [0.3, 0.4) is 0 Å². The number of hydrogen-bond donors (Lipinski definition) is 2. The normalized spacial score (nSPS) is 17.0. The van der Waals surface area contributed by atoms with Gasteiger partial charge in [-0.1, -0.05) is 30.3 Å². The SMILES string of the molecule is COc1ccc(/C(O)=C2/C(=O)C(=O)N(Cc3ccccc3OC(C)(C)C)C2c2ccc(O)cc2)cc1OC. The summed E-state index contributed by atoms with van der Waals surface area (Å²) in [5.74, 6) is -0.472. The number of carbonyl (C=O) groups is 2. The molecule has 1 heterocycles. The van der Waals surface area contributed by atoms with E-state index in [4.69, 9.17) is 14.2 Å². The molecule has 0 bridgehead atoms. The summed E-state index contributed by atoms with van der Waals surface area (Å²) in [7, 11) is 2.96. The van der Waals surface area contributed by atoms with Crippen LogP contribution in [0.1, 0.15) is 43.5 Å². The van der Waals surface area contributed by atoms with Crippen molar-refractivity contribution in [1.29, 1.82) is 0 Å². The second-order valence-corrected chi connectivity index (χ2v) is 9.91. The molecule has 38 heavy (non-hydrogen) atoms. The van der Waals surface area contributed by atoms with Gasteiger partial charge in [-0.05, 0) is 62.7 Å². The Labute approximate surface area is 221 Å². The van der Waals surface area contributed by atoms with Crippen LogP contribution in [0, 0.1) is 0 Å². The highest BCUT2D eigenvalue weighted by molar-refractivity contribution is 6.46. The molecule has 2 N–H and O–H groups in total. The van der Waals surface area contributed by atoms with Gasteiger partial charge in [-0.15, -0.1) is 0 Å². The molecule has 0 saturated carbocycles. The number of aliphatic hydroxyl groups excluding tert-OH is 1. The van der Waals surface area contributed by atoms with Crippen molar-refractivity contribution in [3.8, 4) is 23.0 Å². The van der Waals surface area contributed by atoms with Crippen LogP contribution in [0.25, 0.3) is 5.76 Å². The number of ketones is 1. The third-order valence-corrected chi connectivity index (χ3v) is 6.14. The molecule has 8 nitrogen and oxygen atoms in total. The van der Waals surface area contributed by atoms with Crippen molar-refractivity contribution >= 4 is 17.4 Å². The van der Waals surface area contributed by atoms with E-state index in [0.717, 1.165) is 0 Å². The largest absolute Gasteiger partial charge is 0.508 e.